The van der Waals surface area contributed by atoms with Gasteiger partial charge in [-0.3, -0.25) is 4.79 Å². The van der Waals surface area contributed by atoms with Gasteiger partial charge in [-0.25, -0.2) is 4.79 Å². The highest BCUT2D eigenvalue weighted by Gasteiger charge is 2.27. The van der Waals surface area contributed by atoms with Gasteiger partial charge < -0.3 is 13.9 Å². The predicted molar refractivity (Wildman–Crippen MR) is 100 cm³/mol. The van der Waals surface area contributed by atoms with Gasteiger partial charge in [-0.05, 0) is 43.7 Å². The van der Waals surface area contributed by atoms with Crippen molar-refractivity contribution in [1.29, 1.82) is 0 Å². The number of hydrogen-bond acceptors (Lipinski definition) is 4. The van der Waals surface area contributed by atoms with Crippen LogP contribution in [0.15, 0.2) is 36.5 Å². The molecule has 0 N–H and O–H groups in total. The maximum absolute atomic E-state index is 12.7. The van der Waals surface area contributed by atoms with E-state index in [2.05, 4.69) is 0 Å². The van der Waals surface area contributed by atoms with E-state index in [0.717, 1.165) is 11.8 Å². The van der Waals surface area contributed by atoms with Gasteiger partial charge in [0, 0.05) is 22.3 Å². The van der Waals surface area contributed by atoms with E-state index in [1.165, 1.54) is 7.11 Å². The summed E-state index contributed by atoms with van der Waals surface area (Å²) in [6.07, 6.45) is 2.45. The van der Waals surface area contributed by atoms with Crippen LogP contribution >= 0.6 is 11.6 Å². The van der Waals surface area contributed by atoms with Gasteiger partial charge in [-0.15, -0.1) is 0 Å². The molecule has 0 saturated carbocycles. The van der Waals surface area contributed by atoms with E-state index in [9.17, 15) is 9.59 Å². The first-order valence-electron chi connectivity index (χ1n) is 8.13. The molecule has 3 aromatic rings. The van der Waals surface area contributed by atoms with Crippen LogP contribution in [0.25, 0.3) is 16.6 Å². The van der Waals surface area contributed by atoms with Gasteiger partial charge >= 0.3 is 5.97 Å². The summed E-state index contributed by atoms with van der Waals surface area (Å²) in [5, 5.41) is 0.516. The Morgan fingerprint density at radius 1 is 1.31 bits per heavy atom. The van der Waals surface area contributed by atoms with E-state index in [4.69, 9.17) is 21.1 Å². The summed E-state index contributed by atoms with van der Waals surface area (Å²) in [4.78, 5) is 24.6. The molecule has 0 atom stereocenters. The number of nitrogens with zero attached hydrogens (tertiary/aromatic N) is 1. The normalized spacial score (nSPS) is 10.8. The lowest BCUT2D eigenvalue weighted by Crippen LogP contribution is -2.06. The Kier molecular flexibility index (Phi) is 5.00. The molecule has 2 aromatic heterocycles. The second-order valence-corrected chi connectivity index (χ2v) is 6.14. The molecule has 1 aromatic carbocycles. The van der Waals surface area contributed by atoms with E-state index in [1.807, 2.05) is 6.92 Å². The number of aldehydes is 1. The molecular formula is C20H18ClNO4. The maximum atomic E-state index is 12.7. The van der Waals surface area contributed by atoms with Crippen molar-refractivity contribution in [2.75, 3.05) is 13.7 Å². The third-order valence-electron chi connectivity index (χ3n) is 4.22. The quantitative estimate of drug-likeness (QED) is 0.487. The van der Waals surface area contributed by atoms with Gasteiger partial charge in [0.25, 0.3) is 0 Å². The number of hydrogen-bond donors (Lipinski definition) is 0. The van der Waals surface area contributed by atoms with Crippen LogP contribution in [-0.4, -0.2) is 30.4 Å². The number of pyridine rings is 1. The summed E-state index contributed by atoms with van der Waals surface area (Å²) in [5.41, 5.74) is 3.08. The van der Waals surface area contributed by atoms with Crippen LogP contribution in [-0.2, 0) is 4.74 Å². The molecule has 26 heavy (non-hydrogen) atoms. The summed E-state index contributed by atoms with van der Waals surface area (Å²) in [5.74, 6) is 0.0227. The fourth-order valence-corrected chi connectivity index (χ4v) is 3.21. The minimum Gasteiger partial charge on any atom is -0.496 e. The number of carbonyl (C=O) groups excluding carboxylic acids is 2. The minimum absolute atomic E-state index is 0.227. The first kappa shape index (κ1) is 18.0. The monoisotopic (exact) mass is 371 g/mol. The molecule has 0 aliphatic heterocycles. The van der Waals surface area contributed by atoms with Crippen molar-refractivity contribution in [3.63, 3.8) is 0 Å². The third-order valence-corrected chi connectivity index (χ3v) is 4.63. The molecule has 5 nitrogen and oxygen atoms in total. The average Bonchev–Trinajstić information content (AvgIpc) is 2.97. The zero-order chi connectivity index (χ0) is 18.8. The van der Waals surface area contributed by atoms with E-state index in [0.29, 0.717) is 38.7 Å². The van der Waals surface area contributed by atoms with Crippen LogP contribution in [0.3, 0.4) is 0 Å². The highest BCUT2D eigenvalue weighted by molar-refractivity contribution is 6.31. The first-order valence-corrected chi connectivity index (χ1v) is 8.51. The second-order valence-electron chi connectivity index (χ2n) is 5.73. The molecule has 0 unspecified atom stereocenters. The molecule has 0 bridgehead atoms. The number of aryl methyl sites for hydroxylation is 1. The highest BCUT2D eigenvalue weighted by atomic mass is 35.5. The van der Waals surface area contributed by atoms with Crippen molar-refractivity contribution in [3.8, 4) is 16.9 Å². The minimum atomic E-state index is -0.502. The highest BCUT2D eigenvalue weighted by Crippen LogP contribution is 2.40. The molecule has 0 spiro atoms. The Balaban J connectivity index is 2.46. The van der Waals surface area contributed by atoms with Crippen molar-refractivity contribution in [2.45, 2.75) is 13.8 Å². The number of aromatic nitrogens is 1. The fourth-order valence-electron chi connectivity index (χ4n) is 3.05. The van der Waals surface area contributed by atoms with E-state index in [1.54, 1.807) is 47.9 Å². The zero-order valence-corrected chi connectivity index (χ0v) is 15.5. The fraction of sp³-hybridized carbons (Fsp3) is 0.200. The Labute approximate surface area is 156 Å². The lowest BCUT2D eigenvalue weighted by Gasteiger charge is -2.12. The summed E-state index contributed by atoms with van der Waals surface area (Å²) < 4.78 is 12.4. The first-order chi connectivity index (χ1) is 12.5. The van der Waals surface area contributed by atoms with Gasteiger partial charge in [0.2, 0.25) is 0 Å². The Bertz CT molecular complexity index is 1010. The number of esters is 1. The number of fused-ring (bicyclic) bond motifs is 1. The van der Waals surface area contributed by atoms with E-state index < -0.39 is 5.97 Å². The average molecular weight is 372 g/mol. The van der Waals surface area contributed by atoms with Crippen LogP contribution in [0.1, 0.15) is 33.3 Å². The number of rotatable bonds is 5. The molecule has 3 rings (SSSR count). The molecule has 0 radical (unpaired) electrons. The molecule has 0 fully saturated rings. The molecule has 6 heteroatoms. The SMILES string of the molecule is CCOC(=O)c1c(-c2cc(Cl)c(C)cc2OC)c(C=O)n2ccccc12. The van der Waals surface area contributed by atoms with Crippen molar-refractivity contribution in [1.82, 2.24) is 4.40 Å². The lowest BCUT2D eigenvalue weighted by atomic mass is 9.98. The standard InChI is InChI=1S/C20H18ClNO4/c1-4-26-20(24)19-15-7-5-6-8-22(15)16(11-23)18(19)13-10-14(21)12(2)9-17(13)25-3/h5-11H,4H2,1-3H3. The van der Waals surface area contributed by atoms with Gasteiger partial charge in [0.05, 0.1) is 30.5 Å². The maximum Gasteiger partial charge on any atom is 0.340 e. The number of ether oxygens (including phenoxy) is 2. The predicted octanol–water partition coefficient (Wildman–Crippen LogP) is 4.57. The number of methoxy groups -OCH3 is 1. The van der Waals surface area contributed by atoms with Gasteiger partial charge in [-0.2, -0.15) is 0 Å². The summed E-state index contributed by atoms with van der Waals surface area (Å²) in [6.45, 7) is 3.82. The molecular weight excluding hydrogens is 354 g/mol. The molecule has 0 amide bonds. The number of benzene rings is 1. The summed E-state index contributed by atoms with van der Waals surface area (Å²) in [7, 11) is 1.53. The molecule has 0 aliphatic carbocycles. The second kappa shape index (κ2) is 7.22. The van der Waals surface area contributed by atoms with E-state index >= 15 is 0 Å². The van der Waals surface area contributed by atoms with Gasteiger partial charge in [-0.1, -0.05) is 17.7 Å². The molecule has 134 valence electrons. The van der Waals surface area contributed by atoms with Gasteiger partial charge in [0.15, 0.2) is 6.29 Å². The molecule has 2 heterocycles. The number of halogens is 1. The van der Waals surface area contributed by atoms with Crippen LogP contribution in [0.5, 0.6) is 5.75 Å². The Morgan fingerprint density at radius 3 is 2.73 bits per heavy atom. The lowest BCUT2D eigenvalue weighted by molar-refractivity contribution is 0.0529. The smallest absolute Gasteiger partial charge is 0.340 e. The largest absolute Gasteiger partial charge is 0.496 e. The summed E-state index contributed by atoms with van der Waals surface area (Å²) >= 11 is 6.31. The van der Waals surface area contributed by atoms with Crippen LogP contribution in [0.4, 0.5) is 0 Å². The van der Waals surface area contributed by atoms with E-state index in [-0.39, 0.29) is 6.61 Å². The van der Waals surface area contributed by atoms with Crippen LogP contribution in [0.2, 0.25) is 5.02 Å². The van der Waals surface area contributed by atoms with Gasteiger partial charge in [0.1, 0.15) is 5.75 Å². The third kappa shape index (κ3) is 2.84. The summed E-state index contributed by atoms with van der Waals surface area (Å²) in [6, 6.07) is 8.85. The Morgan fingerprint density at radius 2 is 2.08 bits per heavy atom. The van der Waals surface area contributed by atoms with Crippen molar-refractivity contribution < 1.29 is 19.1 Å². The molecule has 0 aliphatic rings. The van der Waals surface area contributed by atoms with Crippen molar-refractivity contribution in [2.24, 2.45) is 0 Å². The Hall–Kier alpha value is -2.79. The molecule has 0 saturated heterocycles. The zero-order valence-electron chi connectivity index (χ0n) is 14.7. The van der Waals surface area contributed by atoms with Crippen molar-refractivity contribution in [3.05, 3.63) is 58.4 Å². The number of carbonyl (C=O) groups is 2. The topological polar surface area (TPSA) is 57.0 Å². The van der Waals surface area contributed by atoms with Crippen LogP contribution < -0.4 is 4.74 Å². The van der Waals surface area contributed by atoms with Crippen molar-refractivity contribution >= 4 is 29.4 Å². The van der Waals surface area contributed by atoms with Crippen LogP contribution in [0, 0.1) is 6.92 Å².